The van der Waals surface area contributed by atoms with Crippen molar-refractivity contribution in [3.8, 4) is 5.75 Å². The fourth-order valence-corrected chi connectivity index (χ4v) is 5.68. The molecule has 1 amide bonds. The van der Waals surface area contributed by atoms with Gasteiger partial charge in [0.2, 0.25) is 10.0 Å². The minimum Gasteiger partial charge on any atom is -0.489 e. The molecule has 0 saturated carbocycles. The second-order valence-corrected chi connectivity index (χ2v) is 11.6. The van der Waals surface area contributed by atoms with E-state index in [1.165, 1.54) is 23.7 Å². The van der Waals surface area contributed by atoms with E-state index in [1.807, 2.05) is 79.7 Å². The molecule has 0 fully saturated rings. The number of sulfonamides is 1. The Morgan fingerprint density at radius 2 is 1.52 bits per heavy atom. The van der Waals surface area contributed by atoms with Gasteiger partial charge in [-0.15, -0.1) is 0 Å². The standard InChI is InChI=1S/C34H31N3O4S/c1-25-14-20-31(21-15-25)42(39,40)37-33(22-26-8-3-2-4-9-26)34(38)36-35-23-27-16-18-30(19-17-27)41-24-29-12-7-11-28-10-5-6-13-32(28)29/h2-21,23,33,37H,22,24H2,1H3,(H,36,38)/b35-23-/t33-/m1/s1. The second-order valence-electron chi connectivity index (χ2n) is 9.91. The Kier molecular flexibility index (Phi) is 9.06. The molecule has 0 unspecified atom stereocenters. The summed E-state index contributed by atoms with van der Waals surface area (Å²) >= 11 is 0. The van der Waals surface area contributed by atoms with Crippen LogP contribution in [0.25, 0.3) is 10.8 Å². The van der Waals surface area contributed by atoms with Crippen molar-refractivity contribution in [1.29, 1.82) is 0 Å². The number of carbonyl (C=O) groups is 1. The zero-order valence-electron chi connectivity index (χ0n) is 23.1. The van der Waals surface area contributed by atoms with Gasteiger partial charge in [0, 0.05) is 0 Å². The van der Waals surface area contributed by atoms with E-state index in [1.54, 1.807) is 12.1 Å². The van der Waals surface area contributed by atoms with Gasteiger partial charge < -0.3 is 4.74 Å². The van der Waals surface area contributed by atoms with Gasteiger partial charge in [0.1, 0.15) is 18.4 Å². The van der Waals surface area contributed by atoms with Crippen LogP contribution in [0, 0.1) is 6.92 Å². The van der Waals surface area contributed by atoms with Crippen LogP contribution in [0.15, 0.2) is 131 Å². The summed E-state index contributed by atoms with van der Waals surface area (Å²) in [7, 11) is -3.94. The predicted molar refractivity (Wildman–Crippen MR) is 166 cm³/mol. The lowest BCUT2D eigenvalue weighted by atomic mass is 10.1. The van der Waals surface area contributed by atoms with Crippen molar-refractivity contribution < 1.29 is 17.9 Å². The van der Waals surface area contributed by atoms with Crippen LogP contribution in [0.4, 0.5) is 0 Å². The molecule has 5 rings (SSSR count). The molecule has 0 aliphatic heterocycles. The first-order valence-electron chi connectivity index (χ1n) is 13.5. The van der Waals surface area contributed by atoms with Gasteiger partial charge in [-0.05, 0) is 77.2 Å². The van der Waals surface area contributed by atoms with E-state index in [0.717, 1.165) is 27.6 Å². The molecule has 5 aromatic rings. The number of amides is 1. The number of fused-ring (bicyclic) bond motifs is 1. The van der Waals surface area contributed by atoms with Crippen LogP contribution in [-0.2, 0) is 27.8 Å². The average molecular weight is 578 g/mol. The predicted octanol–water partition coefficient (Wildman–Crippen LogP) is 5.77. The lowest BCUT2D eigenvalue weighted by molar-refractivity contribution is -0.122. The molecule has 0 heterocycles. The molecule has 0 aromatic heterocycles. The Morgan fingerprint density at radius 3 is 2.29 bits per heavy atom. The third-order valence-corrected chi connectivity index (χ3v) is 8.26. The molecular formula is C34H31N3O4S. The van der Waals surface area contributed by atoms with Crippen molar-refractivity contribution in [3.05, 3.63) is 144 Å². The molecule has 5 aromatic carbocycles. The summed E-state index contributed by atoms with van der Waals surface area (Å²) in [5.74, 6) is 0.137. The SMILES string of the molecule is Cc1ccc(S(=O)(=O)N[C@H](Cc2ccccc2)C(=O)N/N=C\c2ccc(OCc3cccc4ccccc34)cc2)cc1. The number of carbonyl (C=O) groups excluding carboxylic acids is 1. The molecule has 0 spiro atoms. The molecule has 0 aliphatic carbocycles. The van der Waals surface area contributed by atoms with Gasteiger partial charge in [0.15, 0.2) is 0 Å². The first-order chi connectivity index (χ1) is 20.4. The summed E-state index contributed by atoms with van der Waals surface area (Å²) in [5, 5.41) is 6.40. The highest BCUT2D eigenvalue weighted by atomic mass is 32.2. The maximum absolute atomic E-state index is 13.1. The van der Waals surface area contributed by atoms with Crippen LogP contribution in [0.2, 0.25) is 0 Å². The van der Waals surface area contributed by atoms with E-state index in [-0.39, 0.29) is 11.3 Å². The molecule has 0 radical (unpaired) electrons. The number of nitrogens with one attached hydrogen (secondary N) is 2. The number of hydrazone groups is 1. The largest absolute Gasteiger partial charge is 0.489 e. The molecule has 7 nitrogen and oxygen atoms in total. The van der Waals surface area contributed by atoms with Crippen molar-refractivity contribution in [2.45, 2.75) is 30.9 Å². The van der Waals surface area contributed by atoms with E-state index < -0.39 is 22.0 Å². The molecule has 0 saturated heterocycles. The van der Waals surface area contributed by atoms with Gasteiger partial charge in [0.05, 0.1) is 11.1 Å². The van der Waals surface area contributed by atoms with Crippen LogP contribution in [0.5, 0.6) is 5.75 Å². The van der Waals surface area contributed by atoms with Gasteiger partial charge >= 0.3 is 0 Å². The first kappa shape index (κ1) is 28.7. The van der Waals surface area contributed by atoms with Crippen molar-refractivity contribution in [1.82, 2.24) is 10.1 Å². The number of ether oxygens (including phenoxy) is 1. The van der Waals surface area contributed by atoms with Crippen LogP contribution in [0.3, 0.4) is 0 Å². The molecular weight excluding hydrogens is 546 g/mol. The van der Waals surface area contributed by atoms with Crippen molar-refractivity contribution in [2.75, 3.05) is 0 Å². The summed E-state index contributed by atoms with van der Waals surface area (Å²) in [6.45, 7) is 2.31. The zero-order chi connectivity index (χ0) is 29.4. The summed E-state index contributed by atoms with van der Waals surface area (Å²) in [4.78, 5) is 13.2. The molecule has 212 valence electrons. The molecule has 1 atom stereocenters. The lowest BCUT2D eigenvalue weighted by Crippen LogP contribution is -2.46. The Hall–Kier alpha value is -4.79. The smallest absolute Gasteiger partial charge is 0.258 e. The monoisotopic (exact) mass is 577 g/mol. The van der Waals surface area contributed by atoms with Crippen LogP contribution >= 0.6 is 0 Å². The number of rotatable bonds is 11. The number of benzene rings is 5. The summed E-state index contributed by atoms with van der Waals surface area (Å²) in [6, 6.07) is 36.3. The highest BCUT2D eigenvalue weighted by Gasteiger charge is 2.26. The third-order valence-electron chi connectivity index (χ3n) is 6.77. The Labute approximate surface area is 245 Å². The molecule has 8 heteroatoms. The minimum atomic E-state index is -3.94. The second kappa shape index (κ2) is 13.2. The zero-order valence-corrected chi connectivity index (χ0v) is 23.9. The number of aryl methyl sites for hydroxylation is 1. The van der Waals surface area contributed by atoms with E-state index in [0.29, 0.717) is 12.4 Å². The van der Waals surface area contributed by atoms with E-state index >= 15 is 0 Å². The number of hydrogen-bond donors (Lipinski definition) is 2. The van der Waals surface area contributed by atoms with Crippen LogP contribution in [-0.4, -0.2) is 26.6 Å². The van der Waals surface area contributed by atoms with Crippen LogP contribution < -0.4 is 14.9 Å². The van der Waals surface area contributed by atoms with Crippen molar-refractivity contribution in [3.63, 3.8) is 0 Å². The topological polar surface area (TPSA) is 96.9 Å². The normalized spacial score (nSPS) is 12.3. The summed E-state index contributed by atoms with van der Waals surface area (Å²) in [5.41, 5.74) is 6.08. The molecule has 0 aliphatic rings. The Balaban J connectivity index is 1.22. The van der Waals surface area contributed by atoms with Gasteiger partial charge in [-0.1, -0.05) is 90.5 Å². The average Bonchev–Trinajstić information content (AvgIpc) is 3.01. The van der Waals surface area contributed by atoms with Gasteiger partial charge in [-0.2, -0.15) is 9.82 Å². The molecule has 42 heavy (non-hydrogen) atoms. The van der Waals surface area contributed by atoms with E-state index in [9.17, 15) is 13.2 Å². The number of hydrogen-bond acceptors (Lipinski definition) is 5. The van der Waals surface area contributed by atoms with Gasteiger partial charge in [-0.25, -0.2) is 13.8 Å². The van der Waals surface area contributed by atoms with Crippen LogP contribution in [0.1, 0.15) is 22.3 Å². The summed E-state index contributed by atoms with van der Waals surface area (Å²) in [6.07, 6.45) is 1.66. The fraction of sp³-hybridized carbons (Fsp3) is 0.118. The third kappa shape index (κ3) is 7.48. The Morgan fingerprint density at radius 1 is 0.833 bits per heavy atom. The van der Waals surface area contributed by atoms with Crippen molar-refractivity contribution in [2.24, 2.45) is 5.10 Å². The maximum atomic E-state index is 13.1. The lowest BCUT2D eigenvalue weighted by Gasteiger charge is -2.17. The molecule has 2 N–H and O–H groups in total. The highest BCUT2D eigenvalue weighted by molar-refractivity contribution is 7.89. The summed E-state index contributed by atoms with van der Waals surface area (Å²) < 4.78 is 34.6. The Bertz CT molecular complexity index is 1780. The van der Waals surface area contributed by atoms with Crippen molar-refractivity contribution >= 4 is 32.9 Å². The quantitative estimate of drug-likeness (QED) is 0.154. The fourth-order valence-electron chi connectivity index (χ4n) is 4.49. The van der Waals surface area contributed by atoms with Gasteiger partial charge in [0.25, 0.3) is 5.91 Å². The van der Waals surface area contributed by atoms with E-state index in [2.05, 4.69) is 39.5 Å². The highest BCUT2D eigenvalue weighted by Crippen LogP contribution is 2.21. The minimum absolute atomic E-state index is 0.0882. The van der Waals surface area contributed by atoms with Gasteiger partial charge in [-0.3, -0.25) is 4.79 Å². The maximum Gasteiger partial charge on any atom is 0.258 e. The number of nitrogens with zero attached hydrogens (tertiary/aromatic N) is 1. The molecule has 0 bridgehead atoms. The first-order valence-corrected chi connectivity index (χ1v) is 15.0. The van der Waals surface area contributed by atoms with E-state index in [4.69, 9.17) is 4.74 Å².